The summed E-state index contributed by atoms with van der Waals surface area (Å²) in [5.41, 5.74) is 5.20. The van der Waals surface area contributed by atoms with Gasteiger partial charge < -0.3 is 5.73 Å². The van der Waals surface area contributed by atoms with Crippen LogP contribution in [0.5, 0.6) is 0 Å². The first-order valence-corrected chi connectivity index (χ1v) is 4.19. The lowest BCUT2D eigenvalue weighted by molar-refractivity contribution is -0.358. The average Bonchev–Trinajstić information content (AvgIpc) is 2.04. The summed E-state index contributed by atoms with van der Waals surface area (Å²) < 4.78 is 0. The Bertz CT molecular complexity index is 157. The van der Waals surface area contributed by atoms with Crippen molar-refractivity contribution in [2.24, 2.45) is 11.7 Å². The van der Waals surface area contributed by atoms with Crippen LogP contribution in [0, 0.1) is 5.92 Å². The minimum absolute atomic E-state index is 0.352. The van der Waals surface area contributed by atoms with Gasteiger partial charge in [-0.15, -0.1) is 0 Å². The van der Waals surface area contributed by atoms with Crippen molar-refractivity contribution < 1.29 is 14.5 Å². The minimum Gasteiger partial charge on any atom is -0.368 e. The van der Waals surface area contributed by atoms with Gasteiger partial charge in [0.2, 0.25) is 5.91 Å². The van der Waals surface area contributed by atoms with Crippen LogP contribution in [-0.4, -0.2) is 31.4 Å². The number of primary amides is 1. The van der Waals surface area contributed by atoms with Crippen LogP contribution in [0.4, 0.5) is 0 Å². The highest BCUT2D eigenvalue weighted by Crippen LogP contribution is 2.11. The van der Waals surface area contributed by atoms with Crippen LogP contribution in [0.3, 0.4) is 0 Å². The molecule has 0 aromatic rings. The summed E-state index contributed by atoms with van der Waals surface area (Å²) in [6.07, 6.45) is 0.608. The summed E-state index contributed by atoms with van der Waals surface area (Å²) in [5, 5.41) is 1.11. The van der Waals surface area contributed by atoms with Gasteiger partial charge in [-0.05, 0) is 12.3 Å². The molecule has 5 heteroatoms. The number of nitrogens with two attached hydrogens (primary N) is 1. The summed E-state index contributed by atoms with van der Waals surface area (Å²) in [6.45, 7) is 4.00. The molecule has 0 aliphatic heterocycles. The Kier molecular flexibility index (Phi) is 5.61. The molecule has 78 valence electrons. The topological polar surface area (TPSA) is 64.8 Å². The standard InChI is InChI=1S/C8H18N2O3/c1-6(2)5-7(8(9)11)10(12-3)13-4/h6-7H,5H2,1-4H3,(H2,9,11)/t7-/m0/s1. The molecule has 0 saturated heterocycles. The molecule has 0 aliphatic carbocycles. The number of hydroxylamine groups is 2. The van der Waals surface area contributed by atoms with Crippen molar-refractivity contribution in [3.05, 3.63) is 0 Å². The third-order valence-corrected chi connectivity index (χ3v) is 1.64. The third-order valence-electron chi connectivity index (χ3n) is 1.64. The molecule has 0 aliphatic rings. The van der Waals surface area contributed by atoms with E-state index in [1.165, 1.54) is 14.2 Å². The van der Waals surface area contributed by atoms with Crippen LogP contribution in [0.2, 0.25) is 0 Å². The van der Waals surface area contributed by atoms with E-state index in [1.807, 2.05) is 13.8 Å². The van der Waals surface area contributed by atoms with Gasteiger partial charge in [0.1, 0.15) is 6.04 Å². The molecular weight excluding hydrogens is 172 g/mol. The first kappa shape index (κ1) is 12.3. The maximum Gasteiger partial charge on any atom is 0.239 e. The molecule has 0 aromatic carbocycles. The summed E-state index contributed by atoms with van der Waals surface area (Å²) in [5.74, 6) is -0.0947. The summed E-state index contributed by atoms with van der Waals surface area (Å²) >= 11 is 0. The van der Waals surface area contributed by atoms with Crippen molar-refractivity contribution in [2.45, 2.75) is 26.3 Å². The number of hydrogen-bond donors (Lipinski definition) is 1. The summed E-state index contributed by atoms with van der Waals surface area (Å²) in [7, 11) is 2.86. The predicted octanol–water partition coefficient (Wildman–Crippen LogP) is 0.311. The Morgan fingerprint density at radius 2 is 1.85 bits per heavy atom. The zero-order valence-corrected chi connectivity index (χ0v) is 8.61. The Balaban J connectivity index is 4.30. The van der Waals surface area contributed by atoms with Gasteiger partial charge in [-0.25, -0.2) is 0 Å². The largest absolute Gasteiger partial charge is 0.368 e. The van der Waals surface area contributed by atoms with E-state index in [-0.39, 0.29) is 0 Å². The molecule has 0 spiro atoms. The molecule has 0 fully saturated rings. The molecule has 13 heavy (non-hydrogen) atoms. The quantitative estimate of drug-likeness (QED) is 0.612. The molecule has 0 unspecified atom stereocenters. The molecule has 1 amide bonds. The summed E-state index contributed by atoms with van der Waals surface area (Å²) in [6, 6.07) is -0.532. The molecule has 0 rings (SSSR count). The lowest BCUT2D eigenvalue weighted by atomic mass is 10.0. The molecule has 0 radical (unpaired) electrons. The van der Waals surface area contributed by atoms with E-state index in [0.29, 0.717) is 12.3 Å². The fourth-order valence-electron chi connectivity index (χ4n) is 1.08. The lowest BCUT2D eigenvalue weighted by Gasteiger charge is -2.25. The van der Waals surface area contributed by atoms with Crippen LogP contribution < -0.4 is 5.73 Å². The molecule has 0 aromatic heterocycles. The molecule has 0 bridgehead atoms. The lowest BCUT2D eigenvalue weighted by Crippen LogP contribution is -2.44. The van der Waals surface area contributed by atoms with Gasteiger partial charge in [0.25, 0.3) is 0 Å². The van der Waals surface area contributed by atoms with Crippen molar-refractivity contribution in [1.29, 1.82) is 0 Å². The molecule has 2 N–H and O–H groups in total. The number of hydrogen-bond acceptors (Lipinski definition) is 4. The van der Waals surface area contributed by atoms with Crippen LogP contribution in [0.15, 0.2) is 0 Å². The second-order valence-corrected chi connectivity index (χ2v) is 3.20. The van der Waals surface area contributed by atoms with E-state index in [0.717, 1.165) is 5.23 Å². The van der Waals surface area contributed by atoms with Gasteiger partial charge >= 0.3 is 0 Å². The van der Waals surface area contributed by atoms with E-state index < -0.39 is 11.9 Å². The van der Waals surface area contributed by atoms with Crippen molar-refractivity contribution in [3.63, 3.8) is 0 Å². The van der Waals surface area contributed by atoms with Crippen molar-refractivity contribution >= 4 is 5.91 Å². The number of rotatable bonds is 6. The number of carbonyl (C=O) groups is 1. The molecule has 0 saturated carbocycles. The number of amides is 1. The van der Waals surface area contributed by atoms with Gasteiger partial charge in [0, 0.05) is 0 Å². The maximum atomic E-state index is 11.0. The van der Waals surface area contributed by atoms with Crippen molar-refractivity contribution in [3.8, 4) is 0 Å². The predicted molar refractivity (Wildman–Crippen MR) is 48.3 cm³/mol. The van der Waals surface area contributed by atoms with Gasteiger partial charge in [-0.3, -0.25) is 14.5 Å². The molecule has 5 nitrogen and oxygen atoms in total. The highest BCUT2D eigenvalue weighted by Gasteiger charge is 2.25. The normalized spacial score (nSPS) is 13.7. The monoisotopic (exact) mass is 190 g/mol. The van der Waals surface area contributed by atoms with Gasteiger partial charge in [-0.2, -0.15) is 0 Å². The fraction of sp³-hybridized carbons (Fsp3) is 0.875. The van der Waals surface area contributed by atoms with Gasteiger partial charge in [0.05, 0.1) is 14.2 Å². The van der Waals surface area contributed by atoms with Gasteiger partial charge in [-0.1, -0.05) is 19.1 Å². The minimum atomic E-state index is -0.532. The zero-order valence-electron chi connectivity index (χ0n) is 8.61. The first-order valence-electron chi connectivity index (χ1n) is 4.19. The molecule has 0 heterocycles. The van der Waals surface area contributed by atoms with E-state index in [9.17, 15) is 4.79 Å². The van der Waals surface area contributed by atoms with Crippen LogP contribution in [0.25, 0.3) is 0 Å². The third kappa shape index (κ3) is 4.21. The number of carbonyl (C=O) groups excluding carboxylic acids is 1. The Morgan fingerprint density at radius 3 is 2.08 bits per heavy atom. The zero-order chi connectivity index (χ0) is 10.4. The van der Waals surface area contributed by atoms with E-state index >= 15 is 0 Å². The second-order valence-electron chi connectivity index (χ2n) is 3.20. The van der Waals surface area contributed by atoms with Crippen LogP contribution >= 0.6 is 0 Å². The Hall–Kier alpha value is -0.650. The second kappa shape index (κ2) is 5.90. The van der Waals surface area contributed by atoms with Crippen molar-refractivity contribution in [2.75, 3.05) is 14.2 Å². The van der Waals surface area contributed by atoms with E-state index in [4.69, 9.17) is 15.4 Å². The fourth-order valence-corrected chi connectivity index (χ4v) is 1.08. The van der Waals surface area contributed by atoms with Crippen molar-refractivity contribution in [1.82, 2.24) is 5.23 Å². The summed E-state index contributed by atoms with van der Waals surface area (Å²) in [4.78, 5) is 20.7. The number of nitrogens with zero attached hydrogens (tertiary/aromatic N) is 1. The Morgan fingerprint density at radius 1 is 1.38 bits per heavy atom. The average molecular weight is 190 g/mol. The highest BCUT2D eigenvalue weighted by atomic mass is 16.9. The van der Waals surface area contributed by atoms with Gasteiger partial charge in [0.15, 0.2) is 0 Å². The van der Waals surface area contributed by atoms with Crippen LogP contribution in [-0.2, 0) is 14.5 Å². The Labute approximate surface area is 78.7 Å². The van der Waals surface area contributed by atoms with E-state index in [1.54, 1.807) is 0 Å². The van der Waals surface area contributed by atoms with Crippen LogP contribution in [0.1, 0.15) is 20.3 Å². The maximum absolute atomic E-state index is 11.0. The first-order chi connectivity index (χ1) is 6.02. The SMILES string of the molecule is CON(OC)[C@@H](CC(C)C)C(N)=O. The van der Waals surface area contributed by atoms with E-state index in [2.05, 4.69) is 0 Å². The highest BCUT2D eigenvalue weighted by molar-refractivity contribution is 5.79. The molecular formula is C8H18N2O3. The molecule has 1 atom stereocenters. The smallest absolute Gasteiger partial charge is 0.239 e.